The fourth-order valence-electron chi connectivity index (χ4n) is 3.41. The van der Waals surface area contributed by atoms with Crippen LogP contribution in [0.1, 0.15) is 38.5 Å². The zero-order valence-electron chi connectivity index (χ0n) is 11.7. The number of ether oxygens (including phenoxy) is 1. The Labute approximate surface area is 132 Å². The van der Waals surface area contributed by atoms with E-state index in [-0.39, 0.29) is 24.2 Å². The van der Waals surface area contributed by atoms with Crippen molar-refractivity contribution in [2.45, 2.75) is 44.1 Å². The van der Waals surface area contributed by atoms with Crippen molar-refractivity contribution in [1.82, 2.24) is 0 Å². The maximum absolute atomic E-state index is 12.6. The molecular weight excluding hydrogens is 334 g/mol. The Morgan fingerprint density at radius 1 is 1.24 bits per heavy atom. The SMILES string of the molecule is O=C1C[C@@H](C(=O)Nc2ccccc2Br)C2(CCCCC2)O1. The molecule has 1 aliphatic heterocycles. The smallest absolute Gasteiger partial charge is 0.307 e. The number of nitrogens with one attached hydrogen (secondary N) is 1. The predicted molar refractivity (Wildman–Crippen MR) is 82.8 cm³/mol. The lowest BCUT2D eigenvalue weighted by Gasteiger charge is -2.36. The van der Waals surface area contributed by atoms with Gasteiger partial charge in [0.25, 0.3) is 0 Å². The Hall–Kier alpha value is -1.36. The standard InChI is InChI=1S/C16H18BrNO3/c17-12-6-2-3-7-13(12)18-15(20)11-10-14(19)21-16(11)8-4-1-5-9-16/h2-3,6-7,11H,1,4-5,8-10H2,(H,18,20)/t11-/m0/s1. The molecule has 4 nitrogen and oxygen atoms in total. The Kier molecular flexibility index (Phi) is 4.02. The average Bonchev–Trinajstić information content (AvgIpc) is 2.78. The third-order valence-electron chi connectivity index (χ3n) is 4.47. The molecule has 1 aromatic carbocycles. The third-order valence-corrected chi connectivity index (χ3v) is 5.16. The summed E-state index contributed by atoms with van der Waals surface area (Å²) in [5, 5.41) is 2.93. The van der Waals surface area contributed by atoms with E-state index in [1.165, 1.54) is 0 Å². The Balaban J connectivity index is 1.79. The van der Waals surface area contributed by atoms with Gasteiger partial charge in [-0.2, -0.15) is 0 Å². The molecule has 112 valence electrons. The molecule has 0 radical (unpaired) electrons. The molecular formula is C16H18BrNO3. The fourth-order valence-corrected chi connectivity index (χ4v) is 3.79. The molecule has 1 saturated carbocycles. The first-order valence-electron chi connectivity index (χ1n) is 7.38. The first kappa shape index (κ1) is 14.6. The van der Waals surface area contributed by atoms with Gasteiger partial charge in [-0.25, -0.2) is 0 Å². The molecule has 21 heavy (non-hydrogen) atoms. The minimum Gasteiger partial charge on any atom is -0.458 e. The lowest BCUT2D eigenvalue weighted by molar-refractivity contribution is -0.153. The van der Waals surface area contributed by atoms with Crippen molar-refractivity contribution >= 4 is 33.5 Å². The fraction of sp³-hybridized carbons (Fsp3) is 0.500. The topological polar surface area (TPSA) is 55.4 Å². The van der Waals surface area contributed by atoms with Gasteiger partial charge >= 0.3 is 5.97 Å². The second-order valence-electron chi connectivity index (χ2n) is 5.83. The number of hydrogen-bond acceptors (Lipinski definition) is 3. The number of halogens is 1. The maximum Gasteiger partial charge on any atom is 0.307 e. The van der Waals surface area contributed by atoms with Crippen LogP contribution in [0.4, 0.5) is 5.69 Å². The van der Waals surface area contributed by atoms with Crippen LogP contribution in [0, 0.1) is 5.92 Å². The molecule has 1 amide bonds. The quantitative estimate of drug-likeness (QED) is 0.827. The highest BCUT2D eigenvalue weighted by Gasteiger charge is 2.52. The zero-order valence-corrected chi connectivity index (χ0v) is 13.3. The highest BCUT2D eigenvalue weighted by Crippen LogP contribution is 2.44. The lowest BCUT2D eigenvalue weighted by atomic mass is 9.75. The van der Waals surface area contributed by atoms with E-state index < -0.39 is 5.60 Å². The van der Waals surface area contributed by atoms with E-state index in [1.807, 2.05) is 24.3 Å². The van der Waals surface area contributed by atoms with Crippen molar-refractivity contribution < 1.29 is 14.3 Å². The molecule has 0 unspecified atom stereocenters. The highest BCUT2D eigenvalue weighted by atomic mass is 79.9. The molecule has 2 aliphatic rings. The summed E-state index contributed by atoms with van der Waals surface area (Å²) in [4.78, 5) is 24.4. The molecule has 0 bridgehead atoms. The van der Waals surface area contributed by atoms with E-state index in [2.05, 4.69) is 21.2 Å². The van der Waals surface area contributed by atoms with Crippen molar-refractivity contribution in [3.05, 3.63) is 28.7 Å². The molecule has 1 N–H and O–H groups in total. The van der Waals surface area contributed by atoms with Gasteiger partial charge < -0.3 is 10.1 Å². The molecule has 1 atom stereocenters. The van der Waals surface area contributed by atoms with Gasteiger partial charge in [0.05, 0.1) is 18.0 Å². The van der Waals surface area contributed by atoms with Crippen molar-refractivity contribution in [3.63, 3.8) is 0 Å². The van der Waals surface area contributed by atoms with Gasteiger partial charge in [-0.1, -0.05) is 18.6 Å². The number of anilines is 1. The minimum absolute atomic E-state index is 0.116. The van der Waals surface area contributed by atoms with Crippen LogP contribution in [0.25, 0.3) is 0 Å². The first-order valence-corrected chi connectivity index (χ1v) is 8.17. The number of rotatable bonds is 2. The highest BCUT2D eigenvalue weighted by molar-refractivity contribution is 9.10. The van der Waals surface area contributed by atoms with Gasteiger partial charge in [0.2, 0.25) is 5.91 Å². The van der Waals surface area contributed by atoms with E-state index in [4.69, 9.17) is 4.74 Å². The molecule has 2 fully saturated rings. The van der Waals surface area contributed by atoms with E-state index in [0.29, 0.717) is 0 Å². The van der Waals surface area contributed by atoms with Gasteiger partial charge in [0.1, 0.15) is 5.60 Å². The second kappa shape index (κ2) is 5.79. The van der Waals surface area contributed by atoms with Crippen molar-refractivity contribution in [2.75, 3.05) is 5.32 Å². The van der Waals surface area contributed by atoms with Gasteiger partial charge in [0.15, 0.2) is 0 Å². The average molecular weight is 352 g/mol. The monoisotopic (exact) mass is 351 g/mol. The number of hydrogen-bond donors (Lipinski definition) is 1. The first-order chi connectivity index (χ1) is 10.1. The van der Waals surface area contributed by atoms with E-state index in [1.54, 1.807) is 0 Å². The predicted octanol–water partition coefficient (Wildman–Crippen LogP) is 3.65. The van der Waals surface area contributed by atoms with Crippen LogP contribution in [0.2, 0.25) is 0 Å². The van der Waals surface area contributed by atoms with Crippen LogP contribution in [0.3, 0.4) is 0 Å². The number of esters is 1. The Morgan fingerprint density at radius 3 is 2.67 bits per heavy atom. The van der Waals surface area contributed by atoms with Crippen LogP contribution >= 0.6 is 15.9 Å². The molecule has 1 aromatic rings. The van der Waals surface area contributed by atoms with Crippen LogP contribution in [0.15, 0.2) is 28.7 Å². The van der Waals surface area contributed by atoms with Crippen LogP contribution in [-0.2, 0) is 14.3 Å². The van der Waals surface area contributed by atoms with E-state index in [9.17, 15) is 9.59 Å². The number of carbonyl (C=O) groups is 2. The molecule has 1 heterocycles. The molecule has 5 heteroatoms. The summed E-state index contributed by atoms with van der Waals surface area (Å²) in [6.45, 7) is 0. The number of benzene rings is 1. The van der Waals surface area contributed by atoms with Gasteiger partial charge in [-0.05, 0) is 53.7 Å². The summed E-state index contributed by atoms with van der Waals surface area (Å²) in [6.07, 6.45) is 4.98. The summed E-state index contributed by atoms with van der Waals surface area (Å²) in [6, 6.07) is 7.48. The van der Waals surface area contributed by atoms with Crippen LogP contribution < -0.4 is 5.32 Å². The van der Waals surface area contributed by atoms with Gasteiger partial charge in [-0.15, -0.1) is 0 Å². The van der Waals surface area contributed by atoms with Gasteiger partial charge in [0, 0.05) is 4.47 Å². The lowest BCUT2D eigenvalue weighted by Crippen LogP contribution is -2.43. The Morgan fingerprint density at radius 2 is 1.95 bits per heavy atom. The number of amides is 1. The van der Waals surface area contributed by atoms with E-state index in [0.717, 1.165) is 42.3 Å². The molecule has 0 aromatic heterocycles. The maximum atomic E-state index is 12.6. The third kappa shape index (κ3) is 2.84. The van der Waals surface area contributed by atoms with Gasteiger partial charge in [-0.3, -0.25) is 9.59 Å². The van der Waals surface area contributed by atoms with Crippen molar-refractivity contribution in [2.24, 2.45) is 5.92 Å². The number of para-hydroxylation sites is 1. The molecule has 1 spiro atoms. The summed E-state index contributed by atoms with van der Waals surface area (Å²) in [7, 11) is 0. The number of carbonyl (C=O) groups excluding carboxylic acids is 2. The van der Waals surface area contributed by atoms with Crippen LogP contribution in [-0.4, -0.2) is 17.5 Å². The summed E-state index contributed by atoms with van der Waals surface area (Å²) >= 11 is 3.42. The van der Waals surface area contributed by atoms with Crippen LogP contribution in [0.5, 0.6) is 0 Å². The summed E-state index contributed by atoms with van der Waals surface area (Å²) < 4.78 is 6.41. The largest absolute Gasteiger partial charge is 0.458 e. The van der Waals surface area contributed by atoms with E-state index >= 15 is 0 Å². The molecule has 1 aliphatic carbocycles. The molecule has 1 saturated heterocycles. The zero-order chi connectivity index (χ0) is 14.9. The second-order valence-corrected chi connectivity index (χ2v) is 6.68. The summed E-state index contributed by atoms with van der Waals surface area (Å²) in [5.41, 5.74) is 0.161. The minimum atomic E-state index is -0.569. The van der Waals surface area contributed by atoms with Crippen molar-refractivity contribution in [1.29, 1.82) is 0 Å². The molecule has 3 rings (SSSR count). The summed E-state index contributed by atoms with van der Waals surface area (Å²) in [5.74, 6) is -0.740. The van der Waals surface area contributed by atoms with Crippen molar-refractivity contribution in [3.8, 4) is 0 Å². The normalized spacial score (nSPS) is 23.9. The Bertz CT molecular complexity index is 566.